The zero-order valence-electron chi connectivity index (χ0n) is 16.9. The number of aliphatic hydroxyl groups is 2. The molecule has 1 aliphatic heterocycles. The fourth-order valence-electron chi connectivity index (χ4n) is 3.78. The normalized spacial score (nSPS) is 14.7. The molecule has 32 heavy (non-hydrogen) atoms. The number of nitrogens with one attached hydrogen (secondary N) is 1. The van der Waals surface area contributed by atoms with Crippen molar-refractivity contribution in [3.05, 3.63) is 69.9 Å². The minimum Gasteiger partial charge on any atom is -0.484 e. The van der Waals surface area contributed by atoms with E-state index in [9.17, 15) is 24.8 Å². The van der Waals surface area contributed by atoms with E-state index < -0.39 is 35.1 Å². The van der Waals surface area contributed by atoms with Crippen LogP contribution >= 0.6 is 0 Å². The van der Waals surface area contributed by atoms with Crippen molar-refractivity contribution in [2.45, 2.75) is 6.10 Å². The van der Waals surface area contributed by atoms with E-state index in [1.165, 1.54) is 18.2 Å². The number of para-hydroxylation sites is 2. The Morgan fingerprint density at radius 2 is 1.78 bits per heavy atom. The summed E-state index contributed by atoms with van der Waals surface area (Å²) in [7, 11) is 1.80. The maximum Gasteiger partial charge on any atom is 0.318 e. The van der Waals surface area contributed by atoms with Crippen LogP contribution in [0.3, 0.4) is 0 Å². The molecule has 164 valence electrons. The van der Waals surface area contributed by atoms with Crippen LogP contribution in [-0.4, -0.2) is 50.8 Å². The van der Waals surface area contributed by atoms with Crippen molar-refractivity contribution in [2.75, 3.05) is 13.2 Å². The zero-order chi connectivity index (χ0) is 23.0. The second-order valence-electron chi connectivity index (χ2n) is 7.26. The van der Waals surface area contributed by atoms with Crippen LogP contribution < -0.4 is 10.1 Å². The van der Waals surface area contributed by atoms with Gasteiger partial charge in [0.25, 0.3) is 11.8 Å². The fourth-order valence-corrected chi connectivity index (χ4v) is 3.78. The molecule has 0 aliphatic carbocycles. The molecule has 10 nitrogen and oxygen atoms in total. The van der Waals surface area contributed by atoms with Crippen LogP contribution in [0, 0.1) is 10.1 Å². The van der Waals surface area contributed by atoms with E-state index in [4.69, 9.17) is 9.84 Å². The number of aromatic nitrogens is 1. The van der Waals surface area contributed by atoms with Gasteiger partial charge in [-0.25, -0.2) is 0 Å². The van der Waals surface area contributed by atoms with Gasteiger partial charge >= 0.3 is 5.69 Å². The van der Waals surface area contributed by atoms with Gasteiger partial charge in [-0.3, -0.25) is 25.0 Å². The molecule has 0 bridgehead atoms. The summed E-state index contributed by atoms with van der Waals surface area (Å²) in [6.45, 7) is -0.970. The lowest BCUT2D eigenvalue weighted by atomic mass is 9.94. The van der Waals surface area contributed by atoms with E-state index in [1.807, 2.05) is 12.1 Å². The Hall–Kier alpha value is -4.02. The molecule has 2 amide bonds. The molecule has 4 rings (SSSR count). The molecule has 3 aromatic rings. The zero-order valence-corrected chi connectivity index (χ0v) is 16.9. The number of rotatable bonds is 7. The molecule has 1 aliphatic rings. The molecule has 1 atom stereocenters. The topological polar surface area (TPSA) is 144 Å². The maximum atomic E-state index is 12.8. The third-order valence-corrected chi connectivity index (χ3v) is 5.19. The number of fused-ring (bicyclic) bond motifs is 1. The summed E-state index contributed by atoms with van der Waals surface area (Å²) in [4.78, 5) is 36.8. The summed E-state index contributed by atoms with van der Waals surface area (Å²) in [6, 6.07) is 11.4. The smallest absolute Gasteiger partial charge is 0.318 e. The largest absolute Gasteiger partial charge is 0.484 e. The third kappa shape index (κ3) is 3.51. The maximum absolute atomic E-state index is 12.8. The van der Waals surface area contributed by atoms with Crippen LogP contribution in [0.2, 0.25) is 0 Å². The van der Waals surface area contributed by atoms with Crippen molar-refractivity contribution < 1.29 is 29.5 Å². The van der Waals surface area contributed by atoms with Gasteiger partial charge in [-0.05, 0) is 18.2 Å². The predicted molar refractivity (Wildman–Crippen MR) is 115 cm³/mol. The molecule has 2 aromatic carbocycles. The minimum absolute atomic E-state index is 0.0300. The molecule has 0 saturated carbocycles. The average Bonchev–Trinajstić information content (AvgIpc) is 3.26. The van der Waals surface area contributed by atoms with Gasteiger partial charge < -0.3 is 19.5 Å². The van der Waals surface area contributed by atoms with E-state index in [-0.39, 0.29) is 29.1 Å². The highest BCUT2D eigenvalue weighted by Gasteiger charge is 2.38. The van der Waals surface area contributed by atoms with Gasteiger partial charge in [-0.1, -0.05) is 24.3 Å². The van der Waals surface area contributed by atoms with Crippen LogP contribution in [0.1, 0.15) is 11.1 Å². The quantitative estimate of drug-likeness (QED) is 0.288. The number of imide groups is 1. The first kappa shape index (κ1) is 21.2. The molecule has 10 heteroatoms. The van der Waals surface area contributed by atoms with Crippen molar-refractivity contribution in [1.29, 1.82) is 0 Å². The van der Waals surface area contributed by atoms with E-state index in [0.717, 1.165) is 5.52 Å². The number of benzene rings is 2. The first-order chi connectivity index (χ1) is 15.3. The van der Waals surface area contributed by atoms with Gasteiger partial charge in [-0.2, -0.15) is 0 Å². The lowest BCUT2D eigenvalue weighted by Gasteiger charge is -2.12. The van der Waals surface area contributed by atoms with Gasteiger partial charge in [0.05, 0.1) is 28.2 Å². The van der Waals surface area contributed by atoms with Crippen molar-refractivity contribution >= 4 is 39.6 Å². The van der Waals surface area contributed by atoms with E-state index in [0.29, 0.717) is 10.9 Å². The number of amides is 2. The number of hydrogen-bond donors (Lipinski definition) is 3. The average molecular weight is 437 g/mol. The van der Waals surface area contributed by atoms with Crippen LogP contribution in [0.25, 0.3) is 22.0 Å². The Morgan fingerprint density at radius 3 is 2.47 bits per heavy atom. The molecule has 0 unspecified atom stereocenters. The van der Waals surface area contributed by atoms with Gasteiger partial charge in [0.1, 0.15) is 12.7 Å². The third-order valence-electron chi connectivity index (χ3n) is 5.19. The number of carbonyl (C=O) groups is 2. The number of nitro groups is 1. The summed E-state index contributed by atoms with van der Waals surface area (Å²) < 4.78 is 7.13. The number of ether oxygens (including phenoxy) is 1. The van der Waals surface area contributed by atoms with E-state index in [2.05, 4.69) is 5.32 Å². The molecule has 0 radical (unpaired) electrons. The highest BCUT2D eigenvalue weighted by Crippen LogP contribution is 2.41. The minimum atomic E-state index is -1.24. The van der Waals surface area contributed by atoms with Crippen molar-refractivity contribution in [3.8, 4) is 5.75 Å². The van der Waals surface area contributed by atoms with Crippen LogP contribution in [-0.2, 0) is 16.6 Å². The monoisotopic (exact) mass is 437 g/mol. The Kier molecular flexibility index (Phi) is 5.47. The summed E-state index contributed by atoms with van der Waals surface area (Å²) in [5, 5.41) is 33.4. The first-order valence-electron chi connectivity index (χ1n) is 9.67. The first-order valence-corrected chi connectivity index (χ1v) is 9.67. The van der Waals surface area contributed by atoms with Crippen LogP contribution in [0.15, 0.2) is 48.7 Å². The fraction of sp³-hybridized carbons (Fsp3) is 0.182. The number of aryl methyl sites for hydroxylation is 1. The second kappa shape index (κ2) is 8.25. The molecular weight excluding hydrogens is 418 g/mol. The van der Waals surface area contributed by atoms with Crippen molar-refractivity contribution in [1.82, 2.24) is 9.88 Å². The Bertz CT molecular complexity index is 1290. The van der Waals surface area contributed by atoms with Gasteiger partial charge in [-0.15, -0.1) is 0 Å². The molecule has 0 fully saturated rings. The molecule has 0 saturated heterocycles. The number of carbonyl (C=O) groups excluding carboxylic acids is 2. The summed E-state index contributed by atoms with van der Waals surface area (Å²) in [5.41, 5.74) is 0.588. The molecule has 2 heterocycles. The van der Waals surface area contributed by atoms with Gasteiger partial charge in [0, 0.05) is 29.7 Å². The molecular formula is C22H19N3O7. The van der Waals surface area contributed by atoms with Gasteiger partial charge in [0.2, 0.25) is 0 Å². The number of hydrogen-bond acceptors (Lipinski definition) is 7. The lowest BCUT2D eigenvalue weighted by Crippen LogP contribution is -2.23. The Labute approximate surface area is 181 Å². The van der Waals surface area contributed by atoms with Crippen molar-refractivity contribution in [3.63, 3.8) is 0 Å². The molecule has 1 aromatic heterocycles. The summed E-state index contributed by atoms with van der Waals surface area (Å²) in [5.74, 6) is -1.61. The highest BCUT2D eigenvalue weighted by atomic mass is 16.6. The van der Waals surface area contributed by atoms with Crippen molar-refractivity contribution in [2.24, 2.45) is 7.05 Å². The molecule has 3 N–H and O–H groups in total. The Morgan fingerprint density at radius 1 is 1.09 bits per heavy atom. The standard InChI is InChI=1S/C22H19N3O7/c1-24-9-15(13-5-2-3-7-16(13)24)19-18(21(28)23-22(19)29)14-6-4-8-17(20(14)25(30)31)32-11-12(27)10-26/h2-9,12,26-27H,10-11H2,1H3,(H,23,28,29)/t12-/m0/s1. The van der Waals surface area contributed by atoms with Crippen LogP contribution in [0.5, 0.6) is 5.75 Å². The molecule has 0 spiro atoms. The summed E-state index contributed by atoms with van der Waals surface area (Å²) in [6.07, 6.45) is 0.460. The van der Waals surface area contributed by atoms with Crippen LogP contribution in [0.4, 0.5) is 5.69 Å². The number of nitro benzene ring substituents is 1. The Balaban J connectivity index is 1.95. The second-order valence-corrected chi connectivity index (χ2v) is 7.26. The van der Waals surface area contributed by atoms with Gasteiger partial charge in [0.15, 0.2) is 5.75 Å². The predicted octanol–water partition coefficient (Wildman–Crippen LogP) is 1.39. The summed E-state index contributed by atoms with van der Waals surface area (Å²) >= 11 is 0. The SMILES string of the molecule is Cn1cc(C2=C(c3cccc(OC[C@@H](O)CO)c3[N+](=O)[O-])C(=O)NC2=O)c2ccccc21. The van der Waals surface area contributed by atoms with E-state index in [1.54, 1.807) is 29.9 Å². The number of aliphatic hydroxyl groups excluding tert-OH is 2. The number of nitrogens with zero attached hydrogens (tertiary/aromatic N) is 2. The highest BCUT2D eigenvalue weighted by molar-refractivity contribution is 6.50. The lowest BCUT2D eigenvalue weighted by molar-refractivity contribution is -0.386. The van der Waals surface area contributed by atoms with E-state index >= 15 is 0 Å².